The number of likely N-dealkylation sites (tertiary alicyclic amines) is 1. The molecular formula is C18H29N3. The van der Waals surface area contributed by atoms with E-state index >= 15 is 0 Å². The van der Waals surface area contributed by atoms with Crippen LogP contribution in [0.2, 0.25) is 0 Å². The second-order valence-corrected chi connectivity index (χ2v) is 6.66. The Kier molecular flexibility index (Phi) is 4.94. The number of nitrogens with zero attached hydrogens (tertiary/aromatic N) is 2. The highest BCUT2D eigenvalue weighted by Crippen LogP contribution is 2.29. The van der Waals surface area contributed by atoms with E-state index in [1.54, 1.807) is 0 Å². The Bertz CT molecular complexity index is 460. The molecule has 2 unspecified atom stereocenters. The molecule has 1 saturated heterocycles. The maximum Gasteiger partial charge on any atom is 0.0473 e. The summed E-state index contributed by atoms with van der Waals surface area (Å²) in [6, 6.07) is 10.0. The first-order chi connectivity index (χ1) is 10.3. The number of hydrogen-bond donors (Lipinski definition) is 1. The molecular weight excluding hydrogens is 258 g/mol. The van der Waals surface area contributed by atoms with Gasteiger partial charge in [0, 0.05) is 31.7 Å². The fraction of sp³-hybridized carbons (Fsp3) is 0.667. The fourth-order valence-electron chi connectivity index (χ4n) is 4.07. The van der Waals surface area contributed by atoms with Gasteiger partial charge >= 0.3 is 0 Å². The number of hydrogen-bond acceptors (Lipinski definition) is 3. The zero-order valence-electron chi connectivity index (χ0n) is 13.3. The quantitative estimate of drug-likeness (QED) is 0.923. The van der Waals surface area contributed by atoms with E-state index < -0.39 is 0 Å². The van der Waals surface area contributed by atoms with Gasteiger partial charge in [0.25, 0.3) is 0 Å². The first kappa shape index (κ1) is 15.0. The smallest absolute Gasteiger partial charge is 0.0473 e. The van der Waals surface area contributed by atoms with Gasteiger partial charge in [0.1, 0.15) is 0 Å². The monoisotopic (exact) mass is 287 g/mol. The van der Waals surface area contributed by atoms with Gasteiger partial charge in [-0.1, -0.05) is 30.7 Å². The third kappa shape index (κ3) is 3.31. The Labute approximate surface area is 129 Å². The molecule has 0 radical (unpaired) electrons. The van der Waals surface area contributed by atoms with Gasteiger partial charge in [-0.3, -0.25) is 4.90 Å². The van der Waals surface area contributed by atoms with E-state index in [4.69, 9.17) is 5.73 Å². The van der Waals surface area contributed by atoms with Crippen molar-refractivity contribution in [1.82, 2.24) is 9.80 Å². The predicted molar refractivity (Wildman–Crippen MR) is 88.4 cm³/mol. The molecule has 2 aliphatic rings. The minimum atomic E-state index is 0.420. The number of piperidine rings is 1. The minimum absolute atomic E-state index is 0.420. The van der Waals surface area contributed by atoms with Crippen molar-refractivity contribution in [2.24, 2.45) is 5.73 Å². The van der Waals surface area contributed by atoms with E-state index in [1.165, 1.54) is 56.3 Å². The van der Waals surface area contributed by atoms with Gasteiger partial charge in [0.15, 0.2) is 0 Å². The summed E-state index contributed by atoms with van der Waals surface area (Å²) in [6.07, 6.45) is 6.60. The largest absolute Gasteiger partial charge is 0.329 e. The summed E-state index contributed by atoms with van der Waals surface area (Å²) in [7, 11) is 2.29. The van der Waals surface area contributed by atoms with Crippen molar-refractivity contribution in [2.45, 2.75) is 44.2 Å². The number of fused-ring (bicyclic) bond motifs is 1. The molecule has 1 aromatic carbocycles. The highest BCUT2D eigenvalue weighted by molar-refractivity contribution is 5.32. The van der Waals surface area contributed by atoms with Crippen LogP contribution in [0.5, 0.6) is 0 Å². The van der Waals surface area contributed by atoms with E-state index in [0.717, 1.165) is 19.1 Å². The molecule has 3 rings (SSSR count). The standard InChI is InChI=1S/C18H29N3/c1-20-11-5-4-7-16(20)10-13-21-12-9-15-6-2-3-8-17(15)18(21)14-19/h2-3,6,8,16,18H,4-5,7,9-14,19H2,1H3. The van der Waals surface area contributed by atoms with Crippen LogP contribution in [0.15, 0.2) is 24.3 Å². The van der Waals surface area contributed by atoms with Crippen molar-refractivity contribution >= 4 is 0 Å². The molecule has 1 aromatic rings. The third-order valence-corrected chi connectivity index (χ3v) is 5.42. The molecule has 0 aliphatic carbocycles. The van der Waals surface area contributed by atoms with Gasteiger partial charge in [-0.05, 0) is 50.4 Å². The van der Waals surface area contributed by atoms with Gasteiger partial charge in [-0.2, -0.15) is 0 Å². The number of benzene rings is 1. The lowest BCUT2D eigenvalue weighted by Gasteiger charge is -2.39. The van der Waals surface area contributed by atoms with Crippen LogP contribution < -0.4 is 5.73 Å². The summed E-state index contributed by atoms with van der Waals surface area (Å²) in [6.45, 7) is 4.35. The van der Waals surface area contributed by atoms with Crippen molar-refractivity contribution in [2.75, 3.05) is 33.2 Å². The van der Waals surface area contributed by atoms with E-state index in [9.17, 15) is 0 Å². The summed E-state index contributed by atoms with van der Waals surface area (Å²) in [5.74, 6) is 0. The van der Waals surface area contributed by atoms with E-state index in [-0.39, 0.29) is 0 Å². The summed E-state index contributed by atoms with van der Waals surface area (Å²) in [5, 5.41) is 0. The second kappa shape index (κ2) is 6.91. The van der Waals surface area contributed by atoms with Crippen LogP contribution in [0, 0.1) is 0 Å². The maximum absolute atomic E-state index is 6.09. The fourth-order valence-corrected chi connectivity index (χ4v) is 4.07. The highest BCUT2D eigenvalue weighted by Gasteiger charge is 2.27. The van der Waals surface area contributed by atoms with Crippen LogP contribution in [-0.2, 0) is 6.42 Å². The van der Waals surface area contributed by atoms with Crippen LogP contribution in [0.3, 0.4) is 0 Å². The van der Waals surface area contributed by atoms with Crippen molar-refractivity contribution in [1.29, 1.82) is 0 Å². The van der Waals surface area contributed by atoms with E-state index in [1.807, 2.05) is 0 Å². The molecule has 3 nitrogen and oxygen atoms in total. The van der Waals surface area contributed by atoms with Crippen LogP contribution >= 0.6 is 0 Å². The summed E-state index contributed by atoms with van der Waals surface area (Å²) in [4.78, 5) is 5.17. The van der Waals surface area contributed by atoms with Crippen LogP contribution in [-0.4, -0.2) is 49.1 Å². The van der Waals surface area contributed by atoms with Crippen LogP contribution in [0.25, 0.3) is 0 Å². The molecule has 1 fully saturated rings. The Morgan fingerprint density at radius 1 is 1.19 bits per heavy atom. The Hall–Kier alpha value is -0.900. The molecule has 21 heavy (non-hydrogen) atoms. The molecule has 0 spiro atoms. The summed E-state index contributed by atoms with van der Waals surface area (Å²) < 4.78 is 0. The zero-order chi connectivity index (χ0) is 14.7. The molecule has 2 N–H and O–H groups in total. The Balaban J connectivity index is 1.63. The molecule has 0 saturated carbocycles. The van der Waals surface area contributed by atoms with Gasteiger partial charge in [0.05, 0.1) is 0 Å². The van der Waals surface area contributed by atoms with Gasteiger partial charge < -0.3 is 10.6 Å². The van der Waals surface area contributed by atoms with Crippen molar-refractivity contribution in [3.8, 4) is 0 Å². The lowest BCUT2D eigenvalue weighted by molar-refractivity contribution is 0.131. The van der Waals surface area contributed by atoms with Gasteiger partial charge in [-0.25, -0.2) is 0 Å². The maximum atomic E-state index is 6.09. The number of nitrogens with two attached hydrogens (primary N) is 1. The van der Waals surface area contributed by atoms with Crippen LogP contribution in [0.1, 0.15) is 42.9 Å². The molecule has 0 amide bonds. The summed E-state index contributed by atoms with van der Waals surface area (Å²) in [5.41, 5.74) is 9.05. The molecule has 0 aromatic heterocycles. The van der Waals surface area contributed by atoms with E-state index in [0.29, 0.717) is 6.04 Å². The lowest BCUT2D eigenvalue weighted by atomic mass is 9.91. The topological polar surface area (TPSA) is 32.5 Å². The SMILES string of the molecule is CN1CCCCC1CCN1CCc2ccccc2C1CN. The normalized spacial score (nSPS) is 27.5. The van der Waals surface area contributed by atoms with Crippen LogP contribution in [0.4, 0.5) is 0 Å². The van der Waals surface area contributed by atoms with Crippen molar-refractivity contribution in [3.63, 3.8) is 0 Å². The van der Waals surface area contributed by atoms with Crippen molar-refractivity contribution in [3.05, 3.63) is 35.4 Å². The summed E-state index contributed by atoms with van der Waals surface area (Å²) >= 11 is 0. The highest BCUT2D eigenvalue weighted by atomic mass is 15.2. The average Bonchev–Trinajstić information content (AvgIpc) is 2.53. The Morgan fingerprint density at radius 2 is 2.05 bits per heavy atom. The minimum Gasteiger partial charge on any atom is -0.329 e. The second-order valence-electron chi connectivity index (χ2n) is 6.66. The molecule has 0 bridgehead atoms. The molecule has 116 valence electrons. The zero-order valence-corrected chi connectivity index (χ0v) is 13.3. The van der Waals surface area contributed by atoms with E-state index in [2.05, 4.69) is 41.1 Å². The third-order valence-electron chi connectivity index (χ3n) is 5.42. The predicted octanol–water partition coefficient (Wildman–Crippen LogP) is 2.42. The van der Waals surface area contributed by atoms with Gasteiger partial charge in [0.2, 0.25) is 0 Å². The van der Waals surface area contributed by atoms with Gasteiger partial charge in [-0.15, -0.1) is 0 Å². The molecule has 2 aliphatic heterocycles. The lowest BCUT2D eigenvalue weighted by Crippen LogP contribution is -2.43. The number of rotatable bonds is 4. The first-order valence-corrected chi connectivity index (χ1v) is 8.51. The average molecular weight is 287 g/mol. The molecule has 2 atom stereocenters. The molecule has 3 heteroatoms. The molecule has 2 heterocycles. The Morgan fingerprint density at radius 3 is 2.86 bits per heavy atom. The first-order valence-electron chi connectivity index (χ1n) is 8.51. The van der Waals surface area contributed by atoms with Crippen molar-refractivity contribution < 1.29 is 0 Å².